The summed E-state index contributed by atoms with van der Waals surface area (Å²) in [5.74, 6) is 0. The Balaban J connectivity index is 4.81. The zero-order valence-electron chi connectivity index (χ0n) is 9.09. The minimum absolute atomic E-state index is 0.403. The van der Waals surface area contributed by atoms with Crippen LogP contribution in [0.3, 0.4) is 0 Å². The van der Waals surface area contributed by atoms with E-state index in [2.05, 4.69) is 13.2 Å². The number of hydrogen-bond acceptors (Lipinski definition) is 3. The molecule has 0 aromatic heterocycles. The molecule has 0 amide bonds. The van der Waals surface area contributed by atoms with Gasteiger partial charge in [-0.1, -0.05) is 25.5 Å². The summed E-state index contributed by atoms with van der Waals surface area (Å²) in [6, 6.07) is 0. The summed E-state index contributed by atoms with van der Waals surface area (Å²) >= 11 is 0. The molecule has 0 bridgehead atoms. The standard InChI is InChI=1S/C10H19NO3S/c1-4-7-10(15(12,13)14)11(8-5-2)9-6-3/h5-6,10H,2-4,7-9H2,1H3,(H,12,13,14). The Morgan fingerprint density at radius 1 is 1.33 bits per heavy atom. The van der Waals surface area contributed by atoms with E-state index in [0.29, 0.717) is 25.9 Å². The minimum Gasteiger partial charge on any atom is -0.284 e. The molecule has 4 nitrogen and oxygen atoms in total. The van der Waals surface area contributed by atoms with Gasteiger partial charge < -0.3 is 0 Å². The van der Waals surface area contributed by atoms with Crippen LogP contribution in [-0.2, 0) is 10.1 Å². The van der Waals surface area contributed by atoms with Crippen molar-refractivity contribution in [2.24, 2.45) is 0 Å². The van der Waals surface area contributed by atoms with Crippen LogP contribution in [0, 0.1) is 0 Å². The molecule has 0 rings (SSSR count). The summed E-state index contributed by atoms with van der Waals surface area (Å²) in [5, 5.41) is -0.863. The van der Waals surface area contributed by atoms with Gasteiger partial charge in [-0.05, 0) is 6.42 Å². The van der Waals surface area contributed by atoms with Gasteiger partial charge in [-0.25, -0.2) is 0 Å². The third-order valence-corrected chi connectivity index (χ3v) is 3.24. The second kappa shape index (κ2) is 6.76. The predicted octanol–water partition coefficient (Wildman–Crippen LogP) is 1.67. The zero-order chi connectivity index (χ0) is 11.9. The third kappa shape index (κ3) is 5.11. The molecule has 0 saturated carbocycles. The van der Waals surface area contributed by atoms with E-state index in [1.54, 1.807) is 17.1 Å². The van der Waals surface area contributed by atoms with E-state index in [9.17, 15) is 8.42 Å². The number of hydrogen-bond donors (Lipinski definition) is 1. The van der Waals surface area contributed by atoms with Gasteiger partial charge in [0.15, 0.2) is 0 Å². The van der Waals surface area contributed by atoms with Crippen molar-refractivity contribution < 1.29 is 13.0 Å². The van der Waals surface area contributed by atoms with Crippen LogP contribution in [0.4, 0.5) is 0 Å². The van der Waals surface area contributed by atoms with Crippen molar-refractivity contribution in [1.29, 1.82) is 0 Å². The predicted molar refractivity (Wildman–Crippen MR) is 62.2 cm³/mol. The molecule has 0 fully saturated rings. The fourth-order valence-corrected chi connectivity index (χ4v) is 2.49. The highest BCUT2D eigenvalue weighted by molar-refractivity contribution is 7.86. The molecule has 0 radical (unpaired) electrons. The monoisotopic (exact) mass is 233 g/mol. The van der Waals surface area contributed by atoms with Crippen LogP contribution in [-0.4, -0.2) is 36.3 Å². The molecule has 0 aliphatic heterocycles. The highest BCUT2D eigenvalue weighted by Gasteiger charge is 2.27. The van der Waals surface area contributed by atoms with Gasteiger partial charge >= 0.3 is 0 Å². The number of rotatable bonds is 8. The molecule has 0 aliphatic rings. The quantitative estimate of drug-likeness (QED) is 0.512. The molecule has 0 saturated heterocycles. The van der Waals surface area contributed by atoms with Crippen molar-refractivity contribution >= 4 is 10.1 Å². The smallest absolute Gasteiger partial charge is 0.281 e. The van der Waals surface area contributed by atoms with Crippen LogP contribution >= 0.6 is 0 Å². The maximum Gasteiger partial charge on any atom is 0.281 e. The molecule has 1 N–H and O–H groups in total. The van der Waals surface area contributed by atoms with E-state index in [1.807, 2.05) is 6.92 Å². The first-order chi connectivity index (χ1) is 6.97. The normalized spacial score (nSPS) is 13.8. The molecule has 0 aromatic rings. The van der Waals surface area contributed by atoms with Gasteiger partial charge in [-0.2, -0.15) is 8.42 Å². The van der Waals surface area contributed by atoms with Crippen LogP contribution in [0.2, 0.25) is 0 Å². The number of nitrogens with zero attached hydrogens (tertiary/aromatic N) is 1. The molecular weight excluding hydrogens is 214 g/mol. The highest BCUT2D eigenvalue weighted by atomic mass is 32.2. The second-order valence-corrected chi connectivity index (χ2v) is 4.86. The maximum atomic E-state index is 11.2. The Hall–Kier alpha value is -0.650. The van der Waals surface area contributed by atoms with Crippen LogP contribution in [0.1, 0.15) is 19.8 Å². The first-order valence-electron chi connectivity index (χ1n) is 4.89. The topological polar surface area (TPSA) is 57.6 Å². The van der Waals surface area contributed by atoms with Gasteiger partial charge in [-0.15, -0.1) is 13.2 Å². The van der Waals surface area contributed by atoms with Gasteiger partial charge in [0.2, 0.25) is 0 Å². The average molecular weight is 233 g/mol. The fourth-order valence-electron chi connectivity index (χ4n) is 1.41. The summed E-state index contributed by atoms with van der Waals surface area (Å²) in [4.78, 5) is 1.62. The van der Waals surface area contributed by atoms with Gasteiger partial charge in [-0.3, -0.25) is 9.45 Å². The largest absolute Gasteiger partial charge is 0.284 e. The summed E-state index contributed by atoms with van der Waals surface area (Å²) in [6.45, 7) is 9.81. The molecule has 0 aliphatic carbocycles. The summed E-state index contributed by atoms with van der Waals surface area (Å²) in [7, 11) is -4.04. The zero-order valence-corrected chi connectivity index (χ0v) is 9.91. The molecule has 0 heterocycles. The fraction of sp³-hybridized carbons (Fsp3) is 0.600. The van der Waals surface area contributed by atoms with Crippen molar-refractivity contribution in [2.45, 2.75) is 25.1 Å². The molecule has 5 heteroatoms. The first kappa shape index (κ1) is 14.3. The summed E-state index contributed by atoms with van der Waals surface area (Å²) in [5.41, 5.74) is 0. The molecule has 1 atom stereocenters. The Morgan fingerprint density at radius 2 is 1.80 bits per heavy atom. The van der Waals surface area contributed by atoms with E-state index in [4.69, 9.17) is 4.55 Å². The van der Waals surface area contributed by atoms with E-state index in [1.165, 1.54) is 0 Å². The lowest BCUT2D eigenvalue weighted by molar-refractivity contribution is 0.272. The van der Waals surface area contributed by atoms with E-state index >= 15 is 0 Å². The molecule has 0 aromatic carbocycles. The Labute approximate surface area is 92.0 Å². The van der Waals surface area contributed by atoms with Gasteiger partial charge in [0, 0.05) is 13.1 Å². The molecule has 88 valence electrons. The van der Waals surface area contributed by atoms with Gasteiger partial charge in [0.05, 0.1) is 0 Å². The SMILES string of the molecule is C=CCN(CC=C)C(CCC)S(=O)(=O)O. The maximum absolute atomic E-state index is 11.2. The van der Waals surface area contributed by atoms with Gasteiger partial charge in [0.25, 0.3) is 10.1 Å². The Morgan fingerprint density at radius 3 is 2.07 bits per heavy atom. The Bertz CT molecular complexity index is 288. The second-order valence-electron chi connectivity index (χ2n) is 3.29. The summed E-state index contributed by atoms with van der Waals surface area (Å²) in [6.07, 6.45) is 4.31. The van der Waals surface area contributed by atoms with E-state index in [0.717, 1.165) is 0 Å². The minimum atomic E-state index is -4.04. The molecule has 15 heavy (non-hydrogen) atoms. The lowest BCUT2D eigenvalue weighted by atomic mass is 10.3. The Kier molecular flexibility index (Phi) is 6.47. The van der Waals surface area contributed by atoms with Crippen LogP contribution in [0.5, 0.6) is 0 Å². The lowest BCUT2D eigenvalue weighted by Gasteiger charge is -2.26. The van der Waals surface area contributed by atoms with Crippen LogP contribution in [0.25, 0.3) is 0 Å². The van der Waals surface area contributed by atoms with Crippen LogP contribution in [0.15, 0.2) is 25.3 Å². The lowest BCUT2D eigenvalue weighted by Crippen LogP contribution is -2.41. The summed E-state index contributed by atoms with van der Waals surface area (Å²) < 4.78 is 31.4. The van der Waals surface area contributed by atoms with Crippen molar-refractivity contribution in [3.05, 3.63) is 25.3 Å². The van der Waals surface area contributed by atoms with Crippen molar-refractivity contribution in [3.63, 3.8) is 0 Å². The third-order valence-electron chi connectivity index (χ3n) is 2.01. The average Bonchev–Trinajstić information content (AvgIpc) is 2.12. The highest BCUT2D eigenvalue weighted by Crippen LogP contribution is 2.13. The van der Waals surface area contributed by atoms with Crippen molar-refractivity contribution in [3.8, 4) is 0 Å². The van der Waals surface area contributed by atoms with E-state index in [-0.39, 0.29) is 0 Å². The van der Waals surface area contributed by atoms with E-state index < -0.39 is 15.5 Å². The van der Waals surface area contributed by atoms with Gasteiger partial charge in [0.1, 0.15) is 5.37 Å². The van der Waals surface area contributed by atoms with Crippen molar-refractivity contribution in [2.75, 3.05) is 13.1 Å². The molecular formula is C10H19NO3S. The molecule has 0 spiro atoms. The first-order valence-corrected chi connectivity index (χ1v) is 6.39. The molecule has 1 unspecified atom stereocenters. The van der Waals surface area contributed by atoms with Crippen molar-refractivity contribution in [1.82, 2.24) is 4.90 Å². The van der Waals surface area contributed by atoms with Crippen LogP contribution < -0.4 is 0 Å².